The van der Waals surface area contributed by atoms with Gasteiger partial charge in [-0.25, -0.2) is 0 Å². The van der Waals surface area contributed by atoms with E-state index in [1.165, 1.54) is 0 Å². The van der Waals surface area contributed by atoms with Crippen molar-refractivity contribution < 1.29 is 0 Å². The van der Waals surface area contributed by atoms with E-state index in [9.17, 15) is 0 Å². The Labute approximate surface area is 73.1 Å². The number of nitrogens with two attached hydrogens (primary N) is 1. The molecule has 10 heavy (non-hydrogen) atoms. The topological polar surface area (TPSA) is 30.9 Å². The van der Waals surface area contributed by atoms with E-state index in [4.69, 9.17) is 18.0 Å². The van der Waals surface area contributed by atoms with Gasteiger partial charge in [0, 0.05) is 18.0 Å². The minimum absolute atomic E-state index is 0.444. The fourth-order valence-corrected chi connectivity index (χ4v) is 1.09. The summed E-state index contributed by atoms with van der Waals surface area (Å²) in [6.45, 7) is 0. The first kappa shape index (κ1) is 7.75. The van der Waals surface area contributed by atoms with Crippen molar-refractivity contribution in [1.29, 1.82) is 0 Å². The van der Waals surface area contributed by atoms with Crippen molar-refractivity contribution in [2.45, 2.75) is 5.45 Å². The lowest BCUT2D eigenvalue weighted by Crippen LogP contribution is -2.07. The third-order valence-corrected chi connectivity index (χ3v) is 1.99. The normalized spacial score (nSPS) is 9.70. The number of alkyl halides is 1. The Kier molecular flexibility index (Phi) is 2.45. The average molecular weight is 219 g/mol. The van der Waals surface area contributed by atoms with Crippen molar-refractivity contribution in [3.8, 4) is 0 Å². The number of halogens is 1. The fraction of sp³-hybridized carbons (Fsp3) is 0.167. The molecule has 0 saturated heterocycles. The fourth-order valence-electron chi connectivity index (χ4n) is 0.661. The van der Waals surface area contributed by atoms with Crippen molar-refractivity contribution in [2.75, 3.05) is 0 Å². The minimum atomic E-state index is 0.444. The highest BCUT2D eigenvalue weighted by atomic mass is 79.9. The molecule has 0 radical (unpaired) electrons. The number of rotatable bonds is 2. The molecule has 54 valence electrons. The zero-order valence-corrected chi connectivity index (χ0v) is 7.65. The first-order valence-corrected chi connectivity index (χ1v) is 4.28. The van der Waals surface area contributed by atoms with Gasteiger partial charge in [-0.05, 0) is 6.07 Å². The molecule has 2 nitrogen and oxygen atoms in total. The minimum Gasteiger partial charge on any atom is -0.389 e. The van der Waals surface area contributed by atoms with E-state index in [1.807, 2.05) is 23.0 Å². The molecule has 1 aromatic heterocycles. The summed E-state index contributed by atoms with van der Waals surface area (Å²) in [4.78, 5) is 0.444. The number of aromatic nitrogens is 1. The molecule has 0 aliphatic rings. The smallest absolute Gasteiger partial charge is 0.105 e. The van der Waals surface area contributed by atoms with Crippen LogP contribution in [0.2, 0.25) is 0 Å². The van der Waals surface area contributed by atoms with Gasteiger partial charge in [0.2, 0.25) is 0 Å². The van der Waals surface area contributed by atoms with Crippen LogP contribution >= 0.6 is 28.1 Å². The van der Waals surface area contributed by atoms with Gasteiger partial charge in [-0.2, -0.15) is 0 Å². The summed E-state index contributed by atoms with van der Waals surface area (Å²) in [7, 11) is 0. The summed E-state index contributed by atoms with van der Waals surface area (Å²) in [5.41, 5.74) is 7.07. The van der Waals surface area contributed by atoms with E-state index < -0.39 is 0 Å². The molecule has 0 aliphatic heterocycles. The van der Waals surface area contributed by atoms with Crippen LogP contribution in [-0.2, 0) is 5.45 Å². The second kappa shape index (κ2) is 3.16. The van der Waals surface area contributed by atoms with Crippen LogP contribution in [0.25, 0.3) is 0 Å². The highest BCUT2D eigenvalue weighted by Gasteiger charge is 1.96. The maximum Gasteiger partial charge on any atom is 0.105 e. The van der Waals surface area contributed by atoms with Crippen LogP contribution in [0.1, 0.15) is 5.56 Å². The quantitative estimate of drug-likeness (QED) is 0.603. The van der Waals surface area contributed by atoms with E-state index in [0.29, 0.717) is 4.99 Å². The third-order valence-electron chi connectivity index (χ3n) is 1.17. The number of hydrogen-bond acceptors (Lipinski definition) is 1. The van der Waals surface area contributed by atoms with E-state index in [0.717, 1.165) is 11.0 Å². The van der Waals surface area contributed by atoms with Crippen LogP contribution in [0, 0.1) is 0 Å². The molecule has 0 saturated carbocycles. The summed E-state index contributed by atoms with van der Waals surface area (Å²) in [6, 6.07) is 1.89. The second-order valence-corrected chi connectivity index (χ2v) is 2.84. The van der Waals surface area contributed by atoms with Crippen LogP contribution < -0.4 is 5.73 Å². The van der Waals surface area contributed by atoms with Crippen LogP contribution in [0.5, 0.6) is 0 Å². The lowest BCUT2D eigenvalue weighted by atomic mass is 10.3. The SMILES string of the molecule is NC(=S)c1ccn(CBr)c1. The Morgan fingerprint density at radius 2 is 2.50 bits per heavy atom. The molecule has 0 aliphatic carbocycles. The van der Waals surface area contributed by atoms with Gasteiger partial charge in [-0.15, -0.1) is 0 Å². The lowest BCUT2D eigenvalue weighted by molar-refractivity contribution is 0.914. The molecule has 0 unspecified atom stereocenters. The maximum atomic E-state index is 5.38. The average Bonchev–Trinajstić information content (AvgIpc) is 2.34. The number of nitrogens with zero attached hydrogens (tertiary/aromatic N) is 1. The zero-order chi connectivity index (χ0) is 7.56. The number of thiocarbonyl (C=S) groups is 1. The molecule has 0 spiro atoms. The van der Waals surface area contributed by atoms with E-state index in [2.05, 4.69) is 15.9 Å². The van der Waals surface area contributed by atoms with Gasteiger partial charge < -0.3 is 10.3 Å². The van der Waals surface area contributed by atoms with Crippen molar-refractivity contribution in [2.24, 2.45) is 5.73 Å². The Balaban J connectivity index is 2.88. The van der Waals surface area contributed by atoms with Gasteiger partial charge in [-0.3, -0.25) is 0 Å². The van der Waals surface area contributed by atoms with Crippen LogP contribution in [0.3, 0.4) is 0 Å². The van der Waals surface area contributed by atoms with Gasteiger partial charge in [0.1, 0.15) is 4.99 Å². The monoisotopic (exact) mass is 218 g/mol. The third kappa shape index (κ3) is 1.58. The van der Waals surface area contributed by atoms with E-state index >= 15 is 0 Å². The van der Waals surface area contributed by atoms with Crippen LogP contribution in [0.15, 0.2) is 18.5 Å². The highest BCUT2D eigenvalue weighted by Crippen LogP contribution is 2.02. The Hall–Kier alpha value is -0.350. The molecule has 2 N–H and O–H groups in total. The van der Waals surface area contributed by atoms with Gasteiger partial charge in [0.15, 0.2) is 0 Å². The molecule has 4 heteroatoms. The lowest BCUT2D eigenvalue weighted by Gasteiger charge is -1.91. The van der Waals surface area contributed by atoms with Gasteiger partial charge in [-0.1, -0.05) is 28.1 Å². The van der Waals surface area contributed by atoms with Gasteiger partial charge in [0.05, 0.1) is 5.45 Å². The molecular weight excluding hydrogens is 212 g/mol. The molecule has 0 aromatic carbocycles. The first-order chi connectivity index (χ1) is 4.74. The predicted molar refractivity (Wildman–Crippen MR) is 49.2 cm³/mol. The molecule has 0 amide bonds. The van der Waals surface area contributed by atoms with Crippen molar-refractivity contribution in [3.63, 3.8) is 0 Å². The van der Waals surface area contributed by atoms with Crippen molar-refractivity contribution in [1.82, 2.24) is 4.57 Å². The van der Waals surface area contributed by atoms with Crippen molar-refractivity contribution >= 4 is 33.1 Å². The first-order valence-electron chi connectivity index (χ1n) is 2.75. The van der Waals surface area contributed by atoms with Gasteiger partial charge >= 0.3 is 0 Å². The van der Waals surface area contributed by atoms with E-state index in [-0.39, 0.29) is 0 Å². The Morgan fingerprint density at radius 3 is 2.80 bits per heavy atom. The van der Waals surface area contributed by atoms with Crippen LogP contribution in [0.4, 0.5) is 0 Å². The molecule has 1 aromatic rings. The predicted octanol–water partition coefficient (Wildman–Crippen LogP) is 1.47. The standard InChI is InChI=1S/C6H7BrN2S/c7-4-9-2-1-5(3-9)6(8)10/h1-3H,4H2,(H2,8,10). The Morgan fingerprint density at radius 1 is 1.80 bits per heavy atom. The molecule has 0 fully saturated rings. The summed E-state index contributed by atoms with van der Waals surface area (Å²) in [5, 5.41) is 0. The molecular formula is C6H7BrN2S. The maximum absolute atomic E-state index is 5.38. The van der Waals surface area contributed by atoms with Crippen molar-refractivity contribution in [3.05, 3.63) is 24.0 Å². The molecule has 0 atom stereocenters. The summed E-state index contributed by atoms with van der Waals surface area (Å²) >= 11 is 8.07. The van der Waals surface area contributed by atoms with E-state index in [1.54, 1.807) is 0 Å². The summed E-state index contributed by atoms with van der Waals surface area (Å²) in [6.07, 6.45) is 3.82. The zero-order valence-electron chi connectivity index (χ0n) is 5.25. The summed E-state index contributed by atoms with van der Waals surface area (Å²) < 4.78 is 1.95. The summed E-state index contributed by atoms with van der Waals surface area (Å²) in [5.74, 6) is 0. The largest absolute Gasteiger partial charge is 0.389 e. The molecule has 0 bridgehead atoms. The number of hydrogen-bond donors (Lipinski definition) is 1. The second-order valence-electron chi connectivity index (χ2n) is 1.90. The highest BCUT2D eigenvalue weighted by molar-refractivity contribution is 9.08. The molecule has 1 heterocycles. The molecule has 1 rings (SSSR count). The van der Waals surface area contributed by atoms with Gasteiger partial charge in [0.25, 0.3) is 0 Å². The Bertz CT molecular complexity index is 244. The van der Waals surface area contributed by atoms with Crippen LogP contribution in [-0.4, -0.2) is 9.56 Å².